The number of nitrogens with zero attached hydrogens (tertiary/aromatic N) is 1. The van der Waals surface area contributed by atoms with E-state index in [2.05, 4.69) is 5.32 Å². The fourth-order valence-electron chi connectivity index (χ4n) is 1.16. The first-order valence-electron chi connectivity index (χ1n) is 6.11. The summed E-state index contributed by atoms with van der Waals surface area (Å²) in [4.78, 5) is 21.3. The Bertz CT molecular complexity index is 394. The van der Waals surface area contributed by atoms with Crippen molar-refractivity contribution in [1.29, 1.82) is 0 Å². The van der Waals surface area contributed by atoms with Gasteiger partial charge in [-0.2, -0.15) is 0 Å². The molecule has 0 saturated carbocycles. The monoisotopic (exact) mass is 264 g/mol. The topological polar surface area (TPSA) is 57.5 Å². The van der Waals surface area contributed by atoms with Crippen molar-refractivity contribution in [3.05, 3.63) is 35.6 Å². The Balaban J connectivity index is 0.000000356. The van der Waals surface area contributed by atoms with Crippen molar-refractivity contribution in [2.75, 3.05) is 7.05 Å². The van der Waals surface area contributed by atoms with E-state index in [-0.39, 0.29) is 12.2 Å². The predicted molar refractivity (Wildman–Crippen MR) is 76.5 cm³/mol. The summed E-state index contributed by atoms with van der Waals surface area (Å²) < 4.78 is 4.89. The average molecular weight is 264 g/mol. The minimum absolute atomic E-state index is 0.128. The second-order valence-electron chi connectivity index (χ2n) is 5.02. The highest BCUT2D eigenvalue weighted by Crippen LogP contribution is 2.12. The molecule has 0 unspecified atom stereocenters. The largest absolute Gasteiger partial charge is 0.687 e. The first-order chi connectivity index (χ1) is 8.74. The van der Waals surface area contributed by atoms with Crippen molar-refractivity contribution in [2.24, 2.45) is 0 Å². The first kappa shape index (κ1) is 17.2. The number of Topliss-reactive ketones (excluding diaryl/α,β-unsaturated/α-hetero) is 1. The van der Waals surface area contributed by atoms with Crippen molar-refractivity contribution < 1.29 is 14.3 Å². The lowest BCUT2D eigenvalue weighted by Gasteiger charge is -2.18. The summed E-state index contributed by atoms with van der Waals surface area (Å²) in [5.74, 6) is -0.621. The zero-order valence-corrected chi connectivity index (χ0v) is 12.3. The lowest BCUT2D eigenvalue weighted by molar-refractivity contribution is -0.155. The summed E-state index contributed by atoms with van der Waals surface area (Å²) in [7, 11) is 1.79. The molecule has 0 atom stereocenters. The maximum Gasteiger partial charge on any atom is 0.313 e. The number of para-hydroxylation sites is 1. The van der Waals surface area contributed by atoms with E-state index in [4.69, 9.17) is 4.74 Å². The molecule has 0 spiro atoms. The minimum Gasteiger partial charge on any atom is -0.687 e. The molecule has 19 heavy (non-hydrogen) atoms. The van der Waals surface area contributed by atoms with Gasteiger partial charge < -0.3 is 10.1 Å². The second kappa shape index (κ2) is 8.29. The van der Waals surface area contributed by atoms with Crippen LogP contribution in [0.3, 0.4) is 0 Å². The molecule has 0 saturated heterocycles. The number of hydrogen-bond donors (Lipinski definition) is 0. The third-order valence-electron chi connectivity index (χ3n) is 1.83. The van der Waals surface area contributed by atoms with E-state index in [1.54, 1.807) is 27.8 Å². The Kier molecular flexibility index (Phi) is 7.49. The van der Waals surface area contributed by atoms with Gasteiger partial charge in [-0.15, -0.1) is 12.7 Å². The molecule has 0 bridgehead atoms. The normalized spacial score (nSPS) is 9.95. The Hall–Kier alpha value is -1.84. The quantitative estimate of drug-likeness (QED) is 0.618. The number of benzene rings is 1. The third kappa shape index (κ3) is 11.0. The van der Waals surface area contributed by atoms with Gasteiger partial charge in [0.15, 0.2) is 0 Å². The van der Waals surface area contributed by atoms with Crippen LogP contribution in [0, 0.1) is 0 Å². The number of ether oxygens (including phenoxy) is 1. The molecule has 0 heterocycles. The summed E-state index contributed by atoms with van der Waals surface area (Å²) in [6.07, 6.45) is -0.128. The van der Waals surface area contributed by atoms with Crippen LogP contribution < -0.4 is 0 Å². The highest BCUT2D eigenvalue weighted by atomic mass is 16.6. The van der Waals surface area contributed by atoms with Gasteiger partial charge in [0.2, 0.25) is 0 Å². The van der Waals surface area contributed by atoms with Gasteiger partial charge in [-0.1, -0.05) is 30.3 Å². The van der Waals surface area contributed by atoms with Crippen LogP contribution in [0.25, 0.3) is 5.32 Å². The Morgan fingerprint density at radius 3 is 2.00 bits per heavy atom. The van der Waals surface area contributed by atoms with Crippen molar-refractivity contribution in [3.8, 4) is 0 Å². The van der Waals surface area contributed by atoms with Gasteiger partial charge in [0.1, 0.15) is 17.8 Å². The van der Waals surface area contributed by atoms with Crippen LogP contribution >= 0.6 is 0 Å². The van der Waals surface area contributed by atoms with E-state index < -0.39 is 11.6 Å². The van der Waals surface area contributed by atoms with E-state index in [1.807, 2.05) is 30.3 Å². The lowest BCUT2D eigenvalue weighted by atomic mass is 10.2. The van der Waals surface area contributed by atoms with Gasteiger partial charge in [0, 0.05) is 0 Å². The van der Waals surface area contributed by atoms with Crippen LogP contribution in [0.4, 0.5) is 5.69 Å². The number of carbonyl (C=O) groups is 2. The number of esters is 1. The molecule has 0 N–H and O–H groups in total. The maximum atomic E-state index is 10.8. The third-order valence-corrected chi connectivity index (χ3v) is 1.83. The fraction of sp³-hybridized carbons (Fsp3) is 0.467. The highest BCUT2D eigenvalue weighted by Gasteiger charge is 2.16. The standard InChI is InChI=1S/C8H14O3.C7H8N/c1-6(9)5-7(10)11-8(2,3)4;1-8-7-5-3-2-4-6-7/h5H2,1-4H3;2-6H,1H3/q;-1. The number of hydrogen-bond acceptors (Lipinski definition) is 3. The molecule has 1 rings (SSSR count). The molecule has 0 radical (unpaired) electrons. The molecule has 0 fully saturated rings. The average Bonchev–Trinajstić information content (AvgIpc) is 2.27. The highest BCUT2D eigenvalue weighted by molar-refractivity contribution is 5.94. The Labute approximate surface area is 115 Å². The van der Waals surface area contributed by atoms with Gasteiger partial charge in [0.05, 0.1) is 0 Å². The van der Waals surface area contributed by atoms with Crippen molar-refractivity contribution in [2.45, 2.75) is 39.7 Å². The number of rotatable bonds is 3. The van der Waals surface area contributed by atoms with Crippen molar-refractivity contribution in [1.82, 2.24) is 0 Å². The maximum absolute atomic E-state index is 10.8. The number of carbonyl (C=O) groups excluding carboxylic acids is 2. The van der Waals surface area contributed by atoms with E-state index in [9.17, 15) is 9.59 Å². The molecule has 0 aliphatic heterocycles. The van der Waals surface area contributed by atoms with Gasteiger partial charge in [-0.05, 0) is 27.7 Å². The molecule has 0 aliphatic rings. The molecule has 0 amide bonds. The Morgan fingerprint density at radius 2 is 1.68 bits per heavy atom. The Morgan fingerprint density at radius 1 is 1.16 bits per heavy atom. The summed E-state index contributed by atoms with van der Waals surface area (Å²) in [5.41, 5.74) is 0.541. The molecule has 0 aliphatic carbocycles. The van der Waals surface area contributed by atoms with Crippen LogP contribution in [0.1, 0.15) is 34.1 Å². The zero-order chi connectivity index (χ0) is 14.9. The van der Waals surface area contributed by atoms with Gasteiger partial charge in [-0.3, -0.25) is 9.59 Å². The summed E-state index contributed by atoms with van der Waals surface area (Å²) in [5, 5.41) is 3.97. The van der Waals surface area contributed by atoms with Crippen LogP contribution in [0.15, 0.2) is 30.3 Å². The van der Waals surface area contributed by atoms with Gasteiger partial charge in [0.25, 0.3) is 0 Å². The summed E-state index contributed by atoms with van der Waals surface area (Å²) in [6, 6.07) is 9.87. The van der Waals surface area contributed by atoms with E-state index in [1.165, 1.54) is 6.92 Å². The van der Waals surface area contributed by atoms with Gasteiger partial charge >= 0.3 is 5.97 Å². The molecule has 4 nitrogen and oxygen atoms in total. The molecular formula is C15H22NO3-. The molecule has 0 aromatic heterocycles. The summed E-state index contributed by atoms with van der Waals surface area (Å²) in [6.45, 7) is 6.67. The molecule has 1 aromatic carbocycles. The van der Waals surface area contributed by atoms with Crippen molar-refractivity contribution in [3.63, 3.8) is 0 Å². The van der Waals surface area contributed by atoms with Crippen LogP contribution in [0.5, 0.6) is 0 Å². The van der Waals surface area contributed by atoms with Crippen LogP contribution in [-0.4, -0.2) is 24.4 Å². The molecule has 106 valence electrons. The minimum atomic E-state index is -0.494. The van der Waals surface area contributed by atoms with Gasteiger partial charge in [-0.25, -0.2) is 0 Å². The first-order valence-corrected chi connectivity index (χ1v) is 6.11. The van der Waals surface area contributed by atoms with Crippen molar-refractivity contribution >= 4 is 17.4 Å². The van der Waals surface area contributed by atoms with E-state index >= 15 is 0 Å². The predicted octanol–water partition coefficient (Wildman–Crippen LogP) is 3.63. The second-order valence-corrected chi connectivity index (χ2v) is 5.02. The lowest BCUT2D eigenvalue weighted by Crippen LogP contribution is -2.24. The van der Waals surface area contributed by atoms with Crippen LogP contribution in [0.2, 0.25) is 0 Å². The fourth-order valence-corrected chi connectivity index (χ4v) is 1.16. The number of ketones is 1. The smallest absolute Gasteiger partial charge is 0.313 e. The van der Waals surface area contributed by atoms with E-state index in [0.717, 1.165) is 5.69 Å². The molecule has 4 heteroatoms. The molecule has 1 aromatic rings. The van der Waals surface area contributed by atoms with E-state index in [0.29, 0.717) is 0 Å². The summed E-state index contributed by atoms with van der Waals surface area (Å²) >= 11 is 0. The zero-order valence-electron chi connectivity index (χ0n) is 12.3. The molecular weight excluding hydrogens is 242 g/mol. The SMILES string of the molecule is CC(=O)CC(=O)OC(C)(C)C.C[N-]c1ccccc1. The van der Waals surface area contributed by atoms with Crippen LogP contribution in [-0.2, 0) is 14.3 Å².